The maximum Gasteiger partial charge on any atom is 0.339 e. The Labute approximate surface area is 126 Å². The summed E-state index contributed by atoms with van der Waals surface area (Å²) < 4.78 is 0. The molecule has 0 unspecified atom stereocenters. The van der Waals surface area contributed by atoms with Crippen molar-refractivity contribution in [1.29, 1.82) is 0 Å². The van der Waals surface area contributed by atoms with Crippen molar-refractivity contribution in [3.05, 3.63) is 16.8 Å². The molecule has 0 atom stereocenters. The third kappa shape index (κ3) is 3.93. The summed E-state index contributed by atoms with van der Waals surface area (Å²) in [5.74, 6) is 1.06. The van der Waals surface area contributed by atoms with E-state index in [0.717, 1.165) is 24.8 Å². The summed E-state index contributed by atoms with van der Waals surface area (Å²) in [6.07, 6.45) is 6.27. The lowest BCUT2D eigenvalue weighted by Crippen LogP contribution is -2.18. The van der Waals surface area contributed by atoms with Crippen LogP contribution >= 0.6 is 0 Å². The molecule has 1 aromatic rings. The molecule has 0 aliphatic heterocycles. The summed E-state index contributed by atoms with van der Waals surface area (Å²) in [7, 11) is 0. The second kappa shape index (κ2) is 6.87. The zero-order valence-electron chi connectivity index (χ0n) is 13.1. The van der Waals surface area contributed by atoms with E-state index >= 15 is 0 Å². The van der Waals surface area contributed by atoms with E-state index in [1.165, 1.54) is 25.7 Å². The van der Waals surface area contributed by atoms with Crippen LogP contribution in [0.4, 0.5) is 5.82 Å². The van der Waals surface area contributed by atoms with Crippen molar-refractivity contribution < 1.29 is 9.90 Å². The molecule has 1 aromatic heterocycles. The third-order valence-corrected chi connectivity index (χ3v) is 4.65. The smallest absolute Gasteiger partial charge is 0.339 e. The lowest BCUT2D eigenvalue weighted by molar-refractivity contribution is 0.0696. The molecule has 5 heteroatoms. The van der Waals surface area contributed by atoms with E-state index in [0.29, 0.717) is 17.1 Å². The first-order valence-electron chi connectivity index (χ1n) is 7.80. The van der Waals surface area contributed by atoms with Gasteiger partial charge in [-0.15, -0.1) is 5.10 Å². The van der Waals surface area contributed by atoms with Crippen molar-refractivity contribution in [1.82, 2.24) is 10.2 Å². The molecule has 0 radical (unpaired) electrons. The minimum absolute atomic E-state index is 0.250. The Hall–Kier alpha value is -1.65. The topological polar surface area (TPSA) is 75.1 Å². The van der Waals surface area contributed by atoms with Crippen LogP contribution < -0.4 is 5.32 Å². The number of anilines is 1. The predicted octanol–water partition coefficient (Wildman–Crippen LogP) is 3.42. The SMILES string of the molecule is Cc1nnc(NCCC2CCC(C)CC2)c(C(=O)O)c1C. The van der Waals surface area contributed by atoms with Gasteiger partial charge in [-0.25, -0.2) is 4.79 Å². The van der Waals surface area contributed by atoms with Gasteiger partial charge in [-0.05, 0) is 37.7 Å². The van der Waals surface area contributed by atoms with Gasteiger partial charge < -0.3 is 10.4 Å². The predicted molar refractivity (Wildman–Crippen MR) is 82.7 cm³/mol. The van der Waals surface area contributed by atoms with Gasteiger partial charge in [-0.2, -0.15) is 5.10 Å². The average molecular weight is 291 g/mol. The van der Waals surface area contributed by atoms with E-state index in [-0.39, 0.29) is 5.56 Å². The molecule has 116 valence electrons. The van der Waals surface area contributed by atoms with Gasteiger partial charge in [0.15, 0.2) is 5.82 Å². The largest absolute Gasteiger partial charge is 0.478 e. The van der Waals surface area contributed by atoms with Crippen LogP contribution in [-0.4, -0.2) is 27.8 Å². The lowest BCUT2D eigenvalue weighted by atomic mass is 9.81. The number of rotatable bonds is 5. The Morgan fingerprint density at radius 3 is 2.52 bits per heavy atom. The van der Waals surface area contributed by atoms with Gasteiger partial charge in [-0.1, -0.05) is 32.6 Å². The van der Waals surface area contributed by atoms with Crippen molar-refractivity contribution in [2.75, 3.05) is 11.9 Å². The first kappa shape index (κ1) is 15.7. The van der Waals surface area contributed by atoms with Crippen molar-refractivity contribution in [3.63, 3.8) is 0 Å². The number of aromatic carboxylic acids is 1. The highest BCUT2D eigenvalue weighted by Gasteiger charge is 2.20. The second-order valence-corrected chi connectivity index (χ2v) is 6.28. The van der Waals surface area contributed by atoms with Crippen LogP contribution in [-0.2, 0) is 0 Å². The van der Waals surface area contributed by atoms with Crippen molar-refractivity contribution >= 4 is 11.8 Å². The number of nitrogens with zero attached hydrogens (tertiary/aromatic N) is 2. The van der Waals surface area contributed by atoms with E-state index < -0.39 is 5.97 Å². The van der Waals surface area contributed by atoms with E-state index in [2.05, 4.69) is 22.4 Å². The molecule has 0 saturated heterocycles. The molecule has 2 rings (SSSR count). The molecule has 1 aliphatic carbocycles. The molecule has 0 spiro atoms. The molecule has 0 aromatic carbocycles. The molecule has 1 saturated carbocycles. The summed E-state index contributed by atoms with van der Waals surface area (Å²) in [5.41, 5.74) is 1.60. The highest BCUT2D eigenvalue weighted by molar-refractivity contribution is 5.94. The van der Waals surface area contributed by atoms with Crippen LogP contribution in [0.2, 0.25) is 0 Å². The van der Waals surface area contributed by atoms with Crippen LogP contribution in [0.5, 0.6) is 0 Å². The molecular weight excluding hydrogens is 266 g/mol. The molecular formula is C16H25N3O2. The van der Waals surface area contributed by atoms with Gasteiger partial charge in [0.25, 0.3) is 0 Å². The number of hydrogen-bond donors (Lipinski definition) is 2. The van der Waals surface area contributed by atoms with Gasteiger partial charge in [0.1, 0.15) is 5.56 Å². The maximum atomic E-state index is 11.4. The number of carboxylic acid groups (broad SMARTS) is 1. The fraction of sp³-hybridized carbons (Fsp3) is 0.688. The van der Waals surface area contributed by atoms with Crippen molar-refractivity contribution in [2.24, 2.45) is 11.8 Å². The highest BCUT2D eigenvalue weighted by Crippen LogP contribution is 2.30. The summed E-state index contributed by atoms with van der Waals surface area (Å²) in [4.78, 5) is 11.4. The normalized spacial score (nSPS) is 22.0. The second-order valence-electron chi connectivity index (χ2n) is 6.28. The molecule has 1 fully saturated rings. The number of carbonyl (C=O) groups is 1. The van der Waals surface area contributed by atoms with Crippen LogP contribution in [0.25, 0.3) is 0 Å². The fourth-order valence-corrected chi connectivity index (χ4v) is 3.01. The van der Waals surface area contributed by atoms with Crippen molar-refractivity contribution in [3.8, 4) is 0 Å². The van der Waals surface area contributed by atoms with Gasteiger partial charge in [0.2, 0.25) is 0 Å². The van der Waals surface area contributed by atoms with Gasteiger partial charge >= 0.3 is 5.97 Å². The molecule has 1 aliphatic rings. The zero-order chi connectivity index (χ0) is 15.4. The van der Waals surface area contributed by atoms with E-state index in [1.807, 2.05) is 0 Å². The monoisotopic (exact) mass is 291 g/mol. The highest BCUT2D eigenvalue weighted by atomic mass is 16.4. The summed E-state index contributed by atoms with van der Waals surface area (Å²) in [6, 6.07) is 0. The van der Waals surface area contributed by atoms with Crippen LogP contribution in [0.3, 0.4) is 0 Å². The molecule has 2 N–H and O–H groups in total. The minimum atomic E-state index is -0.945. The maximum absolute atomic E-state index is 11.4. The van der Waals surface area contributed by atoms with Gasteiger partial charge in [0, 0.05) is 6.54 Å². The number of hydrogen-bond acceptors (Lipinski definition) is 4. The molecule has 0 amide bonds. The standard InChI is InChI=1S/C16H25N3O2/c1-10-4-6-13(7-5-10)8-9-17-15-14(16(20)21)11(2)12(3)18-19-15/h10,13H,4-9H2,1-3H3,(H,17,19)(H,20,21). The van der Waals surface area contributed by atoms with Crippen LogP contribution in [0, 0.1) is 25.7 Å². The Kier molecular flexibility index (Phi) is 5.15. The summed E-state index contributed by atoms with van der Waals surface area (Å²) >= 11 is 0. The number of aromatic nitrogens is 2. The third-order valence-electron chi connectivity index (χ3n) is 4.65. The first-order chi connectivity index (χ1) is 9.99. The quantitative estimate of drug-likeness (QED) is 0.869. The molecule has 1 heterocycles. The Morgan fingerprint density at radius 1 is 1.24 bits per heavy atom. The number of carboxylic acids is 1. The average Bonchev–Trinajstić information content (AvgIpc) is 2.44. The Balaban J connectivity index is 1.94. The molecule has 0 bridgehead atoms. The number of aryl methyl sites for hydroxylation is 1. The van der Waals surface area contributed by atoms with E-state index in [1.54, 1.807) is 13.8 Å². The molecule has 5 nitrogen and oxygen atoms in total. The zero-order valence-corrected chi connectivity index (χ0v) is 13.1. The van der Waals surface area contributed by atoms with Crippen LogP contribution in [0.15, 0.2) is 0 Å². The first-order valence-corrected chi connectivity index (χ1v) is 7.80. The minimum Gasteiger partial charge on any atom is -0.478 e. The molecule has 21 heavy (non-hydrogen) atoms. The Bertz CT molecular complexity index is 508. The van der Waals surface area contributed by atoms with Crippen LogP contribution in [0.1, 0.15) is 60.6 Å². The van der Waals surface area contributed by atoms with E-state index in [9.17, 15) is 9.90 Å². The fourth-order valence-electron chi connectivity index (χ4n) is 3.01. The number of nitrogens with one attached hydrogen (secondary N) is 1. The van der Waals surface area contributed by atoms with E-state index in [4.69, 9.17) is 0 Å². The summed E-state index contributed by atoms with van der Waals surface area (Å²) in [6.45, 7) is 6.64. The van der Waals surface area contributed by atoms with Crippen molar-refractivity contribution in [2.45, 2.75) is 52.9 Å². The summed E-state index contributed by atoms with van der Waals surface area (Å²) in [5, 5.41) is 20.5. The lowest BCUT2D eigenvalue weighted by Gasteiger charge is -2.26. The van der Waals surface area contributed by atoms with Gasteiger partial charge in [-0.3, -0.25) is 0 Å². The van der Waals surface area contributed by atoms with Gasteiger partial charge in [0.05, 0.1) is 5.69 Å². The Morgan fingerprint density at radius 2 is 1.90 bits per heavy atom.